The van der Waals surface area contributed by atoms with Crippen molar-refractivity contribution in [1.82, 2.24) is 5.32 Å². The maximum absolute atomic E-state index is 12.5. The second-order valence-corrected chi connectivity index (χ2v) is 8.54. The van der Waals surface area contributed by atoms with Crippen LogP contribution in [0, 0.1) is 0 Å². The summed E-state index contributed by atoms with van der Waals surface area (Å²) >= 11 is 0. The molecule has 4 rings (SSSR count). The average Bonchev–Trinajstić information content (AvgIpc) is 3.24. The Morgan fingerprint density at radius 2 is 2.04 bits per heavy atom. The molecule has 3 N–H and O–H groups in total. The Hall–Kier alpha value is -2.84. The van der Waals surface area contributed by atoms with E-state index in [-0.39, 0.29) is 23.4 Å². The van der Waals surface area contributed by atoms with Crippen molar-refractivity contribution in [2.24, 2.45) is 5.14 Å². The molecule has 3 aromatic rings. The van der Waals surface area contributed by atoms with Crippen molar-refractivity contribution >= 4 is 32.6 Å². The molecule has 0 fully saturated rings. The number of fused-ring (bicyclic) bond motifs is 2. The van der Waals surface area contributed by atoms with Gasteiger partial charge in [-0.1, -0.05) is 18.2 Å². The molecule has 1 aromatic heterocycles. The Bertz CT molecular complexity index is 1120. The van der Waals surface area contributed by atoms with Crippen LogP contribution < -0.4 is 15.4 Å². The predicted octanol–water partition coefficient (Wildman–Crippen LogP) is 2.32. The summed E-state index contributed by atoms with van der Waals surface area (Å²) in [6.07, 6.45) is 0.672. The number of anilines is 1. The minimum absolute atomic E-state index is 0.0936. The second kappa shape index (κ2) is 6.96. The van der Waals surface area contributed by atoms with Gasteiger partial charge < -0.3 is 14.6 Å². The van der Waals surface area contributed by atoms with Crippen LogP contribution in [0.3, 0.4) is 0 Å². The fraction of sp³-hybridized carbons (Fsp3) is 0.250. The Morgan fingerprint density at radius 1 is 1.25 bits per heavy atom. The molecule has 1 amide bonds. The molecule has 1 atom stereocenters. The summed E-state index contributed by atoms with van der Waals surface area (Å²) in [5.41, 5.74) is 2.53. The van der Waals surface area contributed by atoms with Crippen LogP contribution >= 0.6 is 0 Å². The lowest BCUT2D eigenvalue weighted by Gasteiger charge is -2.20. The average molecular weight is 399 g/mol. The number of primary sulfonamides is 1. The molecule has 146 valence electrons. The van der Waals surface area contributed by atoms with Gasteiger partial charge in [0.25, 0.3) is 0 Å². The fourth-order valence-electron chi connectivity index (χ4n) is 3.54. The Morgan fingerprint density at radius 3 is 2.79 bits per heavy atom. The highest BCUT2D eigenvalue weighted by atomic mass is 32.2. The smallest absolute Gasteiger partial charge is 0.240 e. The first-order valence-corrected chi connectivity index (χ1v) is 10.5. The summed E-state index contributed by atoms with van der Waals surface area (Å²) < 4.78 is 28.8. The zero-order valence-electron chi connectivity index (χ0n) is 15.4. The Balaban J connectivity index is 1.43. The van der Waals surface area contributed by atoms with Crippen molar-refractivity contribution in [2.45, 2.75) is 24.3 Å². The molecule has 2 aromatic carbocycles. The second-order valence-electron chi connectivity index (χ2n) is 6.98. The third-order valence-electron chi connectivity index (χ3n) is 4.95. The van der Waals surface area contributed by atoms with Crippen LogP contribution in [0.4, 0.5) is 5.69 Å². The third kappa shape index (κ3) is 3.61. The van der Waals surface area contributed by atoms with Crippen LogP contribution in [-0.4, -0.2) is 27.4 Å². The van der Waals surface area contributed by atoms with Crippen LogP contribution in [-0.2, 0) is 21.2 Å². The number of nitrogens with two attached hydrogens (primary N) is 1. The molecule has 2 heterocycles. The number of rotatable bonds is 5. The molecule has 0 saturated carbocycles. The van der Waals surface area contributed by atoms with Crippen molar-refractivity contribution < 1.29 is 17.6 Å². The number of carbonyl (C=O) groups excluding carboxylic acids is 1. The highest BCUT2D eigenvalue weighted by Crippen LogP contribution is 2.30. The van der Waals surface area contributed by atoms with E-state index in [4.69, 9.17) is 9.56 Å². The van der Waals surface area contributed by atoms with Crippen molar-refractivity contribution in [3.8, 4) is 0 Å². The zero-order valence-corrected chi connectivity index (χ0v) is 16.2. The van der Waals surface area contributed by atoms with E-state index in [2.05, 4.69) is 5.32 Å². The quantitative estimate of drug-likeness (QED) is 0.685. The van der Waals surface area contributed by atoms with Gasteiger partial charge in [-0.15, -0.1) is 0 Å². The lowest BCUT2D eigenvalue weighted by molar-refractivity contribution is -0.120. The standard InChI is InChI=1S/C20H21N3O4S/c1-13(19-11-15-4-2-3-5-18(15)27-19)22-20(24)12-23-9-8-14-10-16(28(21,25)26)6-7-17(14)23/h2-7,10-11,13H,8-9,12H2,1H3,(H,22,24)(H2,21,25,26)/t13-/m0/s1. The van der Waals surface area contributed by atoms with Crippen LogP contribution in [0.5, 0.6) is 0 Å². The lowest BCUT2D eigenvalue weighted by Crippen LogP contribution is -2.37. The highest BCUT2D eigenvalue weighted by molar-refractivity contribution is 7.89. The molecule has 28 heavy (non-hydrogen) atoms. The molecule has 0 saturated heterocycles. The number of hydrogen-bond donors (Lipinski definition) is 2. The van der Waals surface area contributed by atoms with Crippen molar-refractivity contribution in [3.63, 3.8) is 0 Å². The number of benzene rings is 2. The molecular formula is C20H21N3O4S. The minimum atomic E-state index is -3.73. The Labute approximate surface area is 163 Å². The van der Waals surface area contributed by atoms with E-state index >= 15 is 0 Å². The number of sulfonamides is 1. The normalized spacial score (nSPS) is 14.9. The molecule has 0 radical (unpaired) electrons. The molecule has 0 spiro atoms. The van der Waals surface area contributed by atoms with Gasteiger partial charge in [-0.3, -0.25) is 4.79 Å². The summed E-state index contributed by atoms with van der Waals surface area (Å²) in [5.74, 6) is 0.575. The number of nitrogens with zero attached hydrogens (tertiary/aromatic N) is 1. The van der Waals surface area contributed by atoms with Gasteiger partial charge in [0.05, 0.1) is 17.5 Å². The van der Waals surface area contributed by atoms with E-state index in [0.717, 1.165) is 22.2 Å². The number of hydrogen-bond acceptors (Lipinski definition) is 5. The van der Waals surface area contributed by atoms with Crippen LogP contribution in [0.15, 0.2) is 57.8 Å². The van der Waals surface area contributed by atoms with Crippen LogP contribution in [0.25, 0.3) is 11.0 Å². The largest absolute Gasteiger partial charge is 0.459 e. The minimum Gasteiger partial charge on any atom is -0.459 e. The lowest BCUT2D eigenvalue weighted by atomic mass is 10.2. The van der Waals surface area contributed by atoms with Crippen LogP contribution in [0.1, 0.15) is 24.3 Å². The first-order chi connectivity index (χ1) is 13.3. The van der Waals surface area contributed by atoms with E-state index < -0.39 is 10.0 Å². The van der Waals surface area contributed by atoms with Gasteiger partial charge in [-0.05, 0) is 49.2 Å². The van der Waals surface area contributed by atoms with Gasteiger partial charge in [0.15, 0.2) is 0 Å². The molecule has 7 nitrogen and oxygen atoms in total. The molecule has 0 aliphatic carbocycles. The highest BCUT2D eigenvalue weighted by Gasteiger charge is 2.24. The summed E-state index contributed by atoms with van der Waals surface area (Å²) in [6, 6.07) is 14.1. The first kappa shape index (κ1) is 18.5. The van der Waals surface area contributed by atoms with Gasteiger partial charge in [0.1, 0.15) is 11.3 Å². The van der Waals surface area contributed by atoms with Gasteiger partial charge in [-0.2, -0.15) is 0 Å². The SMILES string of the molecule is C[C@H](NC(=O)CN1CCc2cc(S(N)(=O)=O)ccc21)c1cc2ccccc2o1. The predicted molar refractivity (Wildman–Crippen MR) is 107 cm³/mol. The van der Waals surface area contributed by atoms with E-state index in [1.807, 2.05) is 42.2 Å². The summed E-state index contributed by atoms with van der Waals surface area (Å²) in [6.45, 7) is 2.72. The van der Waals surface area contributed by atoms with Crippen molar-refractivity contribution in [3.05, 3.63) is 59.9 Å². The zero-order chi connectivity index (χ0) is 19.9. The van der Waals surface area contributed by atoms with Crippen molar-refractivity contribution in [1.29, 1.82) is 0 Å². The molecule has 1 aliphatic rings. The van der Waals surface area contributed by atoms with E-state index in [1.54, 1.807) is 12.1 Å². The number of furan rings is 1. The monoisotopic (exact) mass is 399 g/mol. The molecule has 0 bridgehead atoms. The first-order valence-electron chi connectivity index (χ1n) is 9.00. The molecule has 8 heteroatoms. The van der Waals surface area contributed by atoms with Gasteiger partial charge in [0.2, 0.25) is 15.9 Å². The number of amides is 1. The number of carbonyl (C=O) groups is 1. The van der Waals surface area contributed by atoms with Crippen LogP contribution in [0.2, 0.25) is 0 Å². The molecule has 0 unspecified atom stereocenters. The Kier molecular flexibility index (Phi) is 4.60. The third-order valence-corrected chi connectivity index (χ3v) is 5.87. The van der Waals surface area contributed by atoms with E-state index in [9.17, 15) is 13.2 Å². The summed E-state index contributed by atoms with van der Waals surface area (Å²) in [5, 5.41) is 9.15. The summed E-state index contributed by atoms with van der Waals surface area (Å²) in [7, 11) is -3.73. The molecular weight excluding hydrogens is 378 g/mol. The van der Waals surface area contributed by atoms with Gasteiger partial charge in [-0.25, -0.2) is 13.6 Å². The van der Waals surface area contributed by atoms with Crippen molar-refractivity contribution in [2.75, 3.05) is 18.0 Å². The maximum Gasteiger partial charge on any atom is 0.240 e. The van der Waals surface area contributed by atoms with Gasteiger partial charge >= 0.3 is 0 Å². The van der Waals surface area contributed by atoms with E-state index in [1.165, 1.54) is 6.07 Å². The topological polar surface area (TPSA) is 106 Å². The molecule has 1 aliphatic heterocycles. The number of nitrogens with one attached hydrogen (secondary N) is 1. The van der Waals surface area contributed by atoms with E-state index in [0.29, 0.717) is 18.7 Å². The summed E-state index contributed by atoms with van der Waals surface area (Å²) in [4.78, 5) is 14.6. The number of para-hydroxylation sites is 1. The maximum atomic E-state index is 12.5. The van der Waals surface area contributed by atoms with Gasteiger partial charge in [0, 0.05) is 17.6 Å². The fourth-order valence-corrected chi connectivity index (χ4v) is 4.10.